The van der Waals surface area contributed by atoms with E-state index in [9.17, 15) is 13.2 Å². The van der Waals surface area contributed by atoms with Crippen molar-refractivity contribution >= 4 is 11.0 Å². The lowest BCUT2D eigenvalue weighted by Crippen LogP contribution is -2.06. The van der Waals surface area contributed by atoms with Gasteiger partial charge in [0.15, 0.2) is 17.5 Å². The van der Waals surface area contributed by atoms with Crippen molar-refractivity contribution in [3.63, 3.8) is 0 Å². The van der Waals surface area contributed by atoms with Gasteiger partial charge >= 0.3 is 6.61 Å². The van der Waals surface area contributed by atoms with Crippen LogP contribution in [0, 0.1) is 12.7 Å². The van der Waals surface area contributed by atoms with Gasteiger partial charge in [0.05, 0.1) is 17.2 Å². The van der Waals surface area contributed by atoms with Gasteiger partial charge in [-0.2, -0.15) is 8.78 Å². The molecule has 0 aliphatic carbocycles. The third-order valence-electron chi connectivity index (χ3n) is 4.00. The molecule has 8 heteroatoms. The van der Waals surface area contributed by atoms with E-state index in [1.54, 1.807) is 11.5 Å². The number of ether oxygens (including phenoxy) is 1. The third kappa shape index (κ3) is 3.21. The fourth-order valence-electron chi connectivity index (χ4n) is 2.85. The molecule has 0 saturated carbocycles. The largest absolute Gasteiger partial charge is 0.435 e. The van der Waals surface area contributed by atoms with Gasteiger partial charge in [0, 0.05) is 5.56 Å². The van der Waals surface area contributed by atoms with Crippen molar-refractivity contribution < 1.29 is 17.9 Å². The second-order valence-corrected chi connectivity index (χ2v) is 5.75. The first kappa shape index (κ1) is 17.0. The van der Waals surface area contributed by atoms with E-state index in [4.69, 9.17) is 0 Å². The fourth-order valence-corrected chi connectivity index (χ4v) is 2.85. The summed E-state index contributed by atoms with van der Waals surface area (Å²) < 4.78 is 45.0. The zero-order valence-electron chi connectivity index (χ0n) is 14.1. The normalized spacial score (nSPS) is 11.3. The number of para-hydroxylation sites is 2. The summed E-state index contributed by atoms with van der Waals surface area (Å²) in [6, 6.07) is 13.2. The molecule has 2 aromatic heterocycles. The predicted molar refractivity (Wildman–Crippen MR) is 93.4 cm³/mol. The first-order valence-corrected chi connectivity index (χ1v) is 8.05. The van der Waals surface area contributed by atoms with Crippen molar-refractivity contribution in [2.45, 2.75) is 13.5 Å². The van der Waals surface area contributed by atoms with Gasteiger partial charge in [-0.25, -0.2) is 19.3 Å². The van der Waals surface area contributed by atoms with E-state index >= 15 is 0 Å². The van der Waals surface area contributed by atoms with Crippen LogP contribution in [0.3, 0.4) is 0 Å². The van der Waals surface area contributed by atoms with Gasteiger partial charge in [0.2, 0.25) is 0 Å². The van der Waals surface area contributed by atoms with Gasteiger partial charge in [0.25, 0.3) is 0 Å². The SMILES string of the molecule is Cc1nc2ccccc2n1-c1nc(-c2ccc(OC(F)F)cc2)ncc1F. The summed E-state index contributed by atoms with van der Waals surface area (Å²) in [6.45, 7) is -1.14. The maximum absolute atomic E-state index is 14.5. The van der Waals surface area contributed by atoms with Gasteiger partial charge in [-0.3, -0.25) is 4.57 Å². The highest BCUT2D eigenvalue weighted by Crippen LogP contribution is 2.25. The van der Waals surface area contributed by atoms with Crippen molar-refractivity contribution in [3.05, 3.63) is 66.4 Å². The first-order chi connectivity index (χ1) is 13.0. The van der Waals surface area contributed by atoms with Gasteiger partial charge in [-0.15, -0.1) is 0 Å². The average Bonchev–Trinajstić information content (AvgIpc) is 2.98. The zero-order chi connectivity index (χ0) is 19.0. The second kappa shape index (κ2) is 6.71. The smallest absolute Gasteiger partial charge is 0.387 e. The summed E-state index contributed by atoms with van der Waals surface area (Å²) in [6.07, 6.45) is 1.08. The number of aromatic nitrogens is 4. The lowest BCUT2D eigenvalue weighted by Gasteiger charge is -2.09. The molecule has 0 atom stereocenters. The molecule has 0 bridgehead atoms. The molecule has 27 heavy (non-hydrogen) atoms. The Kier molecular flexibility index (Phi) is 4.23. The number of hydrogen-bond acceptors (Lipinski definition) is 4. The molecule has 5 nitrogen and oxygen atoms in total. The molecular formula is C19H13F3N4O. The van der Waals surface area contributed by atoms with Gasteiger partial charge in [0.1, 0.15) is 11.6 Å². The lowest BCUT2D eigenvalue weighted by atomic mass is 10.2. The Hall–Kier alpha value is -3.42. The molecule has 0 amide bonds. The van der Waals surface area contributed by atoms with Crippen LogP contribution < -0.4 is 4.74 Å². The number of aryl methyl sites for hydroxylation is 1. The Morgan fingerprint density at radius 1 is 1.00 bits per heavy atom. The minimum absolute atomic E-state index is 0.0209. The second-order valence-electron chi connectivity index (χ2n) is 5.75. The lowest BCUT2D eigenvalue weighted by molar-refractivity contribution is -0.0498. The number of rotatable bonds is 4. The van der Waals surface area contributed by atoms with Crippen LogP contribution in [0.5, 0.6) is 5.75 Å². The molecule has 0 N–H and O–H groups in total. The number of hydrogen-bond donors (Lipinski definition) is 0. The van der Waals surface area contributed by atoms with E-state index in [0.29, 0.717) is 11.4 Å². The molecule has 136 valence electrons. The molecule has 2 heterocycles. The van der Waals surface area contributed by atoms with Crippen LogP contribution >= 0.6 is 0 Å². The number of imidazole rings is 1. The molecule has 0 unspecified atom stereocenters. The van der Waals surface area contributed by atoms with E-state index in [-0.39, 0.29) is 17.4 Å². The van der Waals surface area contributed by atoms with Crippen molar-refractivity contribution in [1.82, 2.24) is 19.5 Å². The molecule has 0 saturated heterocycles. The van der Waals surface area contributed by atoms with Crippen molar-refractivity contribution in [3.8, 4) is 23.0 Å². The molecule has 0 radical (unpaired) electrons. The maximum Gasteiger partial charge on any atom is 0.387 e. The summed E-state index contributed by atoms with van der Waals surface area (Å²) in [5, 5.41) is 0. The van der Waals surface area contributed by atoms with E-state index in [1.165, 1.54) is 24.3 Å². The molecule has 0 aliphatic heterocycles. The highest BCUT2D eigenvalue weighted by molar-refractivity contribution is 5.78. The summed E-state index contributed by atoms with van der Waals surface area (Å²) in [5.74, 6) is 0.335. The Morgan fingerprint density at radius 2 is 1.74 bits per heavy atom. The summed E-state index contributed by atoms with van der Waals surface area (Å²) in [4.78, 5) is 12.8. The molecule has 0 aliphatic rings. The summed E-state index contributed by atoms with van der Waals surface area (Å²) in [7, 11) is 0. The van der Waals surface area contributed by atoms with Crippen LogP contribution in [0.25, 0.3) is 28.2 Å². The zero-order valence-corrected chi connectivity index (χ0v) is 14.1. The van der Waals surface area contributed by atoms with Crippen LogP contribution in [0.2, 0.25) is 0 Å². The first-order valence-electron chi connectivity index (χ1n) is 8.05. The Balaban J connectivity index is 1.79. The number of alkyl halides is 2. The highest BCUT2D eigenvalue weighted by atomic mass is 19.3. The minimum atomic E-state index is -2.90. The topological polar surface area (TPSA) is 52.8 Å². The van der Waals surface area contributed by atoms with Crippen LogP contribution in [0.4, 0.5) is 13.2 Å². The van der Waals surface area contributed by atoms with E-state index < -0.39 is 12.4 Å². The number of fused-ring (bicyclic) bond motifs is 1. The number of halogens is 3. The molecule has 0 spiro atoms. The standard InChI is InChI=1S/C19H13F3N4O/c1-11-24-15-4-2-3-5-16(15)26(11)18-14(20)10-23-17(25-18)12-6-8-13(9-7-12)27-19(21)22/h2-10,19H,1H3. The van der Waals surface area contributed by atoms with Crippen molar-refractivity contribution in [2.75, 3.05) is 0 Å². The van der Waals surface area contributed by atoms with Crippen molar-refractivity contribution in [2.24, 2.45) is 0 Å². The maximum atomic E-state index is 14.5. The molecule has 4 rings (SSSR count). The predicted octanol–water partition coefficient (Wildman–Crippen LogP) is 4.53. The van der Waals surface area contributed by atoms with E-state index in [0.717, 1.165) is 17.2 Å². The van der Waals surface area contributed by atoms with Crippen LogP contribution in [0.15, 0.2) is 54.7 Å². The van der Waals surface area contributed by atoms with Gasteiger partial charge < -0.3 is 4.74 Å². The summed E-state index contributed by atoms with van der Waals surface area (Å²) >= 11 is 0. The van der Waals surface area contributed by atoms with Gasteiger partial charge in [-0.05, 0) is 43.3 Å². The molecule has 2 aromatic carbocycles. The monoisotopic (exact) mass is 370 g/mol. The molecular weight excluding hydrogens is 357 g/mol. The van der Waals surface area contributed by atoms with Crippen molar-refractivity contribution in [1.29, 1.82) is 0 Å². The number of benzene rings is 2. The molecule has 0 fully saturated rings. The van der Waals surface area contributed by atoms with Crippen LogP contribution in [-0.2, 0) is 0 Å². The Labute approximate surface area is 152 Å². The Bertz CT molecular complexity index is 1110. The fraction of sp³-hybridized carbons (Fsp3) is 0.105. The van der Waals surface area contributed by atoms with E-state index in [2.05, 4.69) is 19.7 Å². The summed E-state index contributed by atoms with van der Waals surface area (Å²) in [5.41, 5.74) is 1.99. The Morgan fingerprint density at radius 3 is 2.48 bits per heavy atom. The average molecular weight is 370 g/mol. The quantitative estimate of drug-likeness (QED) is 0.530. The van der Waals surface area contributed by atoms with Crippen LogP contribution in [0.1, 0.15) is 5.82 Å². The number of nitrogens with zero attached hydrogens (tertiary/aromatic N) is 4. The minimum Gasteiger partial charge on any atom is -0.435 e. The van der Waals surface area contributed by atoms with Gasteiger partial charge in [-0.1, -0.05) is 12.1 Å². The highest BCUT2D eigenvalue weighted by Gasteiger charge is 2.16. The van der Waals surface area contributed by atoms with Crippen LogP contribution in [-0.4, -0.2) is 26.1 Å². The van der Waals surface area contributed by atoms with E-state index in [1.807, 2.05) is 24.3 Å². The molecule has 4 aromatic rings. The third-order valence-corrected chi connectivity index (χ3v) is 4.00.